The second-order valence-corrected chi connectivity index (χ2v) is 5.18. The van der Waals surface area contributed by atoms with Gasteiger partial charge in [0, 0.05) is 12.0 Å². The summed E-state index contributed by atoms with van der Waals surface area (Å²) in [5.41, 5.74) is 8.46. The zero-order chi connectivity index (χ0) is 12.3. The second kappa shape index (κ2) is 5.19. The third-order valence-corrected chi connectivity index (χ3v) is 4.23. The second-order valence-electron chi connectivity index (χ2n) is 5.18. The van der Waals surface area contributed by atoms with Crippen LogP contribution in [0.25, 0.3) is 0 Å². The fourth-order valence-electron chi connectivity index (χ4n) is 3.08. The van der Waals surface area contributed by atoms with Gasteiger partial charge in [-0.2, -0.15) is 0 Å². The highest BCUT2D eigenvalue weighted by molar-refractivity contribution is 5.41. The molecule has 2 unspecified atom stereocenters. The number of hydrogen-bond acceptors (Lipinski definition) is 2. The molecule has 2 rings (SSSR count). The van der Waals surface area contributed by atoms with E-state index in [9.17, 15) is 5.11 Å². The average molecular weight is 233 g/mol. The predicted octanol–water partition coefficient (Wildman–Crippen LogP) is 2.38. The van der Waals surface area contributed by atoms with Gasteiger partial charge < -0.3 is 10.8 Å². The minimum Gasteiger partial charge on any atom is -0.392 e. The molecule has 0 heterocycles. The van der Waals surface area contributed by atoms with Gasteiger partial charge >= 0.3 is 0 Å². The minimum absolute atomic E-state index is 0.189. The molecule has 0 saturated heterocycles. The summed E-state index contributed by atoms with van der Waals surface area (Å²) in [6.07, 6.45) is 4.81. The molecule has 0 bridgehead atoms. The number of hydrogen-bond donors (Lipinski definition) is 2. The van der Waals surface area contributed by atoms with Crippen molar-refractivity contribution in [2.75, 3.05) is 6.54 Å². The molecule has 94 valence electrons. The Balaban J connectivity index is 2.27. The summed E-state index contributed by atoms with van der Waals surface area (Å²) in [6, 6.07) is 8.44. The normalized spacial score (nSPS) is 24.6. The van der Waals surface area contributed by atoms with Gasteiger partial charge in [0.2, 0.25) is 0 Å². The van der Waals surface area contributed by atoms with E-state index < -0.39 is 0 Å². The lowest BCUT2D eigenvalue weighted by Crippen LogP contribution is -2.44. The fraction of sp³-hybridized carbons (Fsp3) is 0.600. The van der Waals surface area contributed by atoms with E-state index in [1.807, 2.05) is 0 Å². The number of aliphatic hydroxyl groups is 1. The molecule has 3 N–H and O–H groups in total. The van der Waals surface area contributed by atoms with Crippen LogP contribution in [0.5, 0.6) is 0 Å². The Hall–Kier alpha value is -0.860. The first-order valence-corrected chi connectivity index (χ1v) is 6.71. The Bertz CT molecular complexity index is 377. The van der Waals surface area contributed by atoms with E-state index >= 15 is 0 Å². The van der Waals surface area contributed by atoms with E-state index in [0.29, 0.717) is 6.54 Å². The summed E-state index contributed by atoms with van der Waals surface area (Å²) >= 11 is 0. The summed E-state index contributed by atoms with van der Waals surface area (Å²) in [5, 5.41) is 10.5. The van der Waals surface area contributed by atoms with Gasteiger partial charge in [-0.3, -0.25) is 0 Å². The van der Waals surface area contributed by atoms with Gasteiger partial charge in [-0.1, -0.05) is 44.0 Å². The van der Waals surface area contributed by atoms with Crippen molar-refractivity contribution in [3.63, 3.8) is 0 Å². The molecule has 0 aromatic heterocycles. The number of fused-ring (bicyclic) bond motifs is 1. The topological polar surface area (TPSA) is 46.2 Å². The highest BCUT2D eigenvalue weighted by Gasteiger charge is 2.42. The molecule has 0 radical (unpaired) electrons. The van der Waals surface area contributed by atoms with Gasteiger partial charge in [0.05, 0.1) is 6.10 Å². The van der Waals surface area contributed by atoms with Crippen molar-refractivity contribution in [3.8, 4) is 0 Å². The zero-order valence-corrected chi connectivity index (χ0v) is 10.7. The molecule has 1 aliphatic rings. The molecule has 2 heteroatoms. The number of unbranched alkanes of at least 4 members (excludes halogenated alkanes) is 1. The van der Waals surface area contributed by atoms with Crippen LogP contribution < -0.4 is 5.73 Å². The highest BCUT2D eigenvalue weighted by Crippen LogP contribution is 2.42. The Labute approximate surface area is 104 Å². The SMILES string of the molecule is CCCCC(O)C1(CN)CCc2ccccc21. The number of aryl methyl sites for hydroxylation is 1. The average Bonchev–Trinajstić information content (AvgIpc) is 2.76. The van der Waals surface area contributed by atoms with Gasteiger partial charge in [0.25, 0.3) is 0 Å². The van der Waals surface area contributed by atoms with Gasteiger partial charge in [-0.05, 0) is 30.4 Å². The quantitative estimate of drug-likeness (QED) is 0.820. The van der Waals surface area contributed by atoms with Crippen LogP contribution in [0.15, 0.2) is 24.3 Å². The van der Waals surface area contributed by atoms with Crippen LogP contribution in [-0.4, -0.2) is 17.8 Å². The van der Waals surface area contributed by atoms with Crippen LogP contribution in [-0.2, 0) is 11.8 Å². The highest BCUT2D eigenvalue weighted by atomic mass is 16.3. The molecule has 1 aromatic rings. The molecule has 0 fully saturated rings. The lowest BCUT2D eigenvalue weighted by molar-refractivity contribution is 0.0741. The fourth-order valence-corrected chi connectivity index (χ4v) is 3.08. The Morgan fingerprint density at radius 2 is 2.18 bits per heavy atom. The molecule has 2 atom stereocenters. The van der Waals surface area contributed by atoms with Crippen LogP contribution in [0.1, 0.15) is 43.7 Å². The standard InChI is InChI=1S/C15H23NO/c1-2-3-8-14(17)15(11-16)10-9-12-6-4-5-7-13(12)15/h4-7,14,17H,2-3,8-11,16H2,1H3. The van der Waals surface area contributed by atoms with Gasteiger partial charge in [-0.15, -0.1) is 0 Å². The molecule has 0 amide bonds. The van der Waals surface area contributed by atoms with Crippen molar-refractivity contribution in [3.05, 3.63) is 35.4 Å². The van der Waals surface area contributed by atoms with Gasteiger partial charge in [-0.25, -0.2) is 0 Å². The summed E-state index contributed by atoms with van der Waals surface area (Å²) in [4.78, 5) is 0. The van der Waals surface area contributed by atoms with E-state index in [-0.39, 0.29) is 11.5 Å². The van der Waals surface area contributed by atoms with Crippen LogP contribution in [0.2, 0.25) is 0 Å². The number of nitrogens with two attached hydrogens (primary N) is 1. The van der Waals surface area contributed by atoms with Crippen molar-refractivity contribution in [2.24, 2.45) is 5.73 Å². The third-order valence-electron chi connectivity index (χ3n) is 4.23. The van der Waals surface area contributed by atoms with Crippen LogP contribution in [0.3, 0.4) is 0 Å². The van der Waals surface area contributed by atoms with Gasteiger partial charge in [0.15, 0.2) is 0 Å². The van der Waals surface area contributed by atoms with E-state index in [2.05, 4.69) is 31.2 Å². The maximum atomic E-state index is 10.5. The molecule has 0 aliphatic heterocycles. The summed E-state index contributed by atoms with van der Waals surface area (Å²) in [6.45, 7) is 2.71. The molecule has 1 aromatic carbocycles. The minimum atomic E-state index is -0.295. The first-order chi connectivity index (χ1) is 8.24. The van der Waals surface area contributed by atoms with Gasteiger partial charge in [0.1, 0.15) is 0 Å². The van der Waals surface area contributed by atoms with E-state index in [1.54, 1.807) is 0 Å². The lowest BCUT2D eigenvalue weighted by Gasteiger charge is -2.34. The molecule has 1 aliphatic carbocycles. The molecule has 0 saturated carbocycles. The van der Waals surface area contributed by atoms with Crippen molar-refractivity contribution in [1.82, 2.24) is 0 Å². The summed E-state index contributed by atoms with van der Waals surface area (Å²) in [5.74, 6) is 0. The monoisotopic (exact) mass is 233 g/mol. The summed E-state index contributed by atoms with van der Waals surface area (Å²) in [7, 11) is 0. The maximum Gasteiger partial charge on any atom is 0.0649 e. The van der Waals surface area contributed by atoms with Crippen LogP contribution >= 0.6 is 0 Å². The Morgan fingerprint density at radius 1 is 1.41 bits per heavy atom. The number of rotatable bonds is 5. The van der Waals surface area contributed by atoms with Crippen LogP contribution in [0, 0.1) is 0 Å². The smallest absolute Gasteiger partial charge is 0.0649 e. The summed E-state index contributed by atoms with van der Waals surface area (Å²) < 4.78 is 0. The van der Waals surface area contributed by atoms with E-state index in [4.69, 9.17) is 5.73 Å². The van der Waals surface area contributed by atoms with Crippen molar-refractivity contribution >= 4 is 0 Å². The number of aliphatic hydroxyl groups excluding tert-OH is 1. The first-order valence-electron chi connectivity index (χ1n) is 6.71. The largest absolute Gasteiger partial charge is 0.392 e. The molecular formula is C15H23NO. The number of benzene rings is 1. The zero-order valence-electron chi connectivity index (χ0n) is 10.7. The van der Waals surface area contributed by atoms with E-state index in [0.717, 1.165) is 32.1 Å². The Morgan fingerprint density at radius 3 is 2.88 bits per heavy atom. The van der Waals surface area contributed by atoms with Crippen LogP contribution in [0.4, 0.5) is 0 Å². The molecule has 2 nitrogen and oxygen atoms in total. The lowest BCUT2D eigenvalue weighted by atomic mass is 9.75. The molecule has 0 spiro atoms. The Kier molecular flexibility index (Phi) is 3.85. The van der Waals surface area contributed by atoms with E-state index in [1.165, 1.54) is 11.1 Å². The molecular weight excluding hydrogens is 210 g/mol. The van der Waals surface area contributed by atoms with Crippen molar-refractivity contribution < 1.29 is 5.11 Å². The molecule has 17 heavy (non-hydrogen) atoms. The van der Waals surface area contributed by atoms with Crippen molar-refractivity contribution in [1.29, 1.82) is 0 Å². The third kappa shape index (κ3) is 2.12. The maximum absolute atomic E-state index is 10.5. The van der Waals surface area contributed by atoms with Crippen molar-refractivity contribution in [2.45, 2.75) is 50.5 Å². The first kappa shape index (κ1) is 12.6. The predicted molar refractivity (Wildman–Crippen MR) is 71.0 cm³/mol.